The largest absolute Gasteiger partial charge is 0.497 e. The number of urea groups is 1. The van der Waals surface area contributed by atoms with Gasteiger partial charge in [0.15, 0.2) is 0 Å². The number of rotatable bonds is 6. The van der Waals surface area contributed by atoms with Crippen LogP contribution in [0.2, 0.25) is 0 Å². The molecule has 0 radical (unpaired) electrons. The van der Waals surface area contributed by atoms with E-state index in [0.717, 1.165) is 23.5 Å². The summed E-state index contributed by atoms with van der Waals surface area (Å²) in [6.07, 6.45) is 0.810. The molecule has 126 valence electrons. The molecule has 1 saturated heterocycles. The summed E-state index contributed by atoms with van der Waals surface area (Å²) in [5.41, 5.74) is 2.30. The highest BCUT2D eigenvalue weighted by Crippen LogP contribution is 2.26. The van der Waals surface area contributed by atoms with E-state index < -0.39 is 0 Å². The molecule has 1 heterocycles. The van der Waals surface area contributed by atoms with E-state index in [1.807, 2.05) is 53.4 Å². The summed E-state index contributed by atoms with van der Waals surface area (Å²) in [5, 5.41) is 2.94. The van der Waals surface area contributed by atoms with E-state index in [-0.39, 0.29) is 12.1 Å². The van der Waals surface area contributed by atoms with Crippen LogP contribution in [-0.4, -0.2) is 38.2 Å². The SMILES string of the molecule is COc1ccc(CCN2C(=O)NC[C@@H]2c2ccc(OC)cc2)cc1. The maximum atomic E-state index is 12.2. The van der Waals surface area contributed by atoms with Crippen molar-refractivity contribution in [2.75, 3.05) is 27.3 Å². The average Bonchev–Trinajstić information content (AvgIpc) is 3.01. The number of benzene rings is 2. The zero-order valence-electron chi connectivity index (χ0n) is 14.0. The van der Waals surface area contributed by atoms with Crippen LogP contribution in [-0.2, 0) is 6.42 Å². The Kier molecular flexibility index (Phi) is 4.89. The summed E-state index contributed by atoms with van der Waals surface area (Å²) in [4.78, 5) is 14.1. The Morgan fingerprint density at radius 2 is 1.58 bits per heavy atom. The second kappa shape index (κ2) is 7.25. The van der Waals surface area contributed by atoms with Gasteiger partial charge in [0.25, 0.3) is 0 Å². The van der Waals surface area contributed by atoms with Crippen LogP contribution in [0, 0.1) is 0 Å². The first-order valence-corrected chi connectivity index (χ1v) is 8.02. The quantitative estimate of drug-likeness (QED) is 0.888. The van der Waals surface area contributed by atoms with E-state index in [9.17, 15) is 4.79 Å². The van der Waals surface area contributed by atoms with Crippen LogP contribution in [0.25, 0.3) is 0 Å². The van der Waals surface area contributed by atoms with Crippen molar-refractivity contribution in [1.29, 1.82) is 0 Å². The van der Waals surface area contributed by atoms with Gasteiger partial charge in [0.1, 0.15) is 11.5 Å². The Balaban J connectivity index is 1.68. The predicted octanol–water partition coefficient (Wildman–Crippen LogP) is 3.01. The first-order valence-electron chi connectivity index (χ1n) is 8.02. The molecule has 2 aromatic rings. The molecule has 2 amide bonds. The Labute approximate surface area is 142 Å². The van der Waals surface area contributed by atoms with Gasteiger partial charge in [-0.15, -0.1) is 0 Å². The lowest BCUT2D eigenvalue weighted by molar-refractivity contribution is 0.205. The fourth-order valence-electron chi connectivity index (χ4n) is 2.96. The van der Waals surface area contributed by atoms with E-state index >= 15 is 0 Å². The van der Waals surface area contributed by atoms with Crippen molar-refractivity contribution in [3.63, 3.8) is 0 Å². The molecule has 2 aromatic carbocycles. The van der Waals surface area contributed by atoms with Crippen molar-refractivity contribution >= 4 is 6.03 Å². The fraction of sp³-hybridized carbons (Fsp3) is 0.316. The van der Waals surface area contributed by atoms with Gasteiger partial charge in [-0.3, -0.25) is 0 Å². The van der Waals surface area contributed by atoms with Crippen LogP contribution in [0.5, 0.6) is 11.5 Å². The van der Waals surface area contributed by atoms with Gasteiger partial charge in [0, 0.05) is 13.1 Å². The fourth-order valence-corrected chi connectivity index (χ4v) is 2.96. The number of ether oxygens (including phenoxy) is 2. The molecule has 5 heteroatoms. The lowest BCUT2D eigenvalue weighted by Gasteiger charge is -2.23. The van der Waals surface area contributed by atoms with Crippen LogP contribution in [0.3, 0.4) is 0 Å². The van der Waals surface area contributed by atoms with Crippen molar-refractivity contribution in [3.05, 3.63) is 59.7 Å². The molecule has 0 saturated carbocycles. The number of hydrogen-bond acceptors (Lipinski definition) is 3. The molecule has 0 aromatic heterocycles. The molecule has 1 N–H and O–H groups in total. The van der Waals surface area contributed by atoms with Crippen LogP contribution in [0.1, 0.15) is 17.2 Å². The standard InChI is InChI=1S/C19H22N2O3/c1-23-16-7-3-14(4-8-16)11-12-21-18(13-20-19(21)22)15-5-9-17(24-2)10-6-15/h3-10,18H,11-13H2,1-2H3,(H,20,22)/t18-/m1/s1. The molecule has 24 heavy (non-hydrogen) atoms. The highest BCUT2D eigenvalue weighted by atomic mass is 16.5. The minimum atomic E-state index is -0.00988. The third-order valence-corrected chi connectivity index (χ3v) is 4.38. The van der Waals surface area contributed by atoms with Gasteiger partial charge < -0.3 is 19.7 Å². The Hall–Kier alpha value is -2.69. The van der Waals surface area contributed by atoms with Gasteiger partial charge in [0.2, 0.25) is 0 Å². The third-order valence-electron chi connectivity index (χ3n) is 4.38. The van der Waals surface area contributed by atoms with Gasteiger partial charge in [-0.2, -0.15) is 0 Å². The highest BCUT2D eigenvalue weighted by Gasteiger charge is 2.31. The Bertz CT molecular complexity index is 683. The summed E-state index contributed by atoms with van der Waals surface area (Å²) in [6, 6.07) is 15.9. The first-order chi connectivity index (χ1) is 11.7. The molecule has 1 aliphatic heterocycles. The smallest absolute Gasteiger partial charge is 0.318 e. The topological polar surface area (TPSA) is 50.8 Å². The summed E-state index contributed by atoms with van der Waals surface area (Å²) in [6.45, 7) is 1.31. The molecule has 0 bridgehead atoms. The van der Waals surface area contributed by atoms with Crippen molar-refractivity contribution < 1.29 is 14.3 Å². The van der Waals surface area contributed by atoms with Crippen molar-refractivity contribution in [3.8, 4) is 11.5 Å². The molecule has 0 unspecified atom stereocenters. The molecule has 0 spiro atoms. The monoisotopic (exact) mass is 326 g/mol. The van der Waals surface area contributed by atoms with E-state index in [0.29, 0.717) is 13.1 Å². The number of hydrogen-bond donors (Lipinski definition) is 1. The molecule has 5 nitrogen and oxygen atoms in total. The van der Waals surface area contributed by atoms with E-state index in [2.05, 4.69) is 5.32 Å². The average molecular weight is 326 g/mol. The zero-order valence-corrected chi connectivity index (χ0v) is 14.0. The Morgan fingerprint density at radius 1 is 1.00 bits per heavy atom. The molecule has 1 aliphatic rings. The summed E-state index contributed by atoms with van der Waals surface area (Å²) in [7, 11) is 3.31. The minimum absolute atomic E-state index is 0.00988. The molecular formula is C19H22N2O3. The van der Waals surface area contributed by atoms with Gasteiger partial charge in [-0.05, 0) is 41.8 Å². The number of nitrogens with one attached hydrogen (secondary N) is 1. The predicted molar refractivity (Wildman–Crippen MR) is 92.5 cm³/mol. The van der Waals surface area contributed by atoms with Crippen LogP contribution < -0.4 is 14.8 Å². The lowest BCUT2D eigenvalue weighted by atomic mass is 10.1. The maximum Gasteiger partial charge on any atom is 0.318 e. The summed E-state index contributed by atoms with van der Waals surface area (Å²) in [5.74, 6) is 1.66. The number of nitrogens with zero attached hydrogens (tertiary/aromatic N) is 1. The van der Waals surface area contributed by atoms with Crippen LogP contribution >= 0.6 is 0 Å². The maximum absolute atomic E-state index is 12.2. The third kappa shape index (κ3) is 3.45. The molecule has 1 fully saturated rings. The molecule has 3 rings (SSSR count). The number of carbonyl (C=O) groups excluding carboxylic acids is 1. The second-order valence-corrected chi connectivity index (χ2v) is 5.77. The number of amides is 2. The number of methoxy groups -OCH3 is 2. The Morgan fingerprint density at radius 3 is 2.17 bits per heavy atom. The van der Waals surface area contributed by atoms with Crippen molar-refractivity contribution in [2.45, 2.75) is 12.5 Å². The van der Waals surface area contributed by atoms with Gasteiger partial charge in [-0.25, -0.2) is 4.79 Å². The normalized spacial score (nSPS) is 16.8. The van der Waals surface area contributed by atoms with E-state index in [1.165, 1.54) is 5.56 Å². The molecule has 1 atom stereocenters. The molecule has 0 aliphatic carbocycles. The lowest BCUT2D eigenvalue weighted by Crippen LogP contribution is -2.31. The van der Waals surface area contributed by atoms with Gasteiger partial charge >= 0.3 is 6.03 Å². The van der Waals surface area contributed by atoms with Crippen molar-refractivity contribution in [2.24, 2.45) is 0 Å². The second-order valence-electron chi connectivity index (χ2n) is 5.77. The summed E-state index contributed by atoms with van der Waals surface area (Å²) >= 11 is 0. The van der Waals surface area contributed by atoms with Crippen LogP contribution in [0.15, 0.2) is 48.5 Å². The summed E-state index contributed by atoms with van der Waals surface area (Å²) < 4.78 is 10.4. The van der Waals surface area contributed by atoms with E-state index in [1.54, 1.807) is 14.2 Å². The van der Waals surface area contributed by atoms with Crippen LogP contribution in [0.4, 0.5) is 4.79 Å². The minimum Gasteiger partial charge on any atom is -0.497 e. The van der Waals surface area contributed by atoms with Crippen molar-refractivity contribution in [1.82, 2.24) is 10.2 Å². The number of carbonyl (C=O) groups is 1. The highest BCUT2D eigenvalue weighted by molar-refractivity contribution is 5.77. The van der Waals surface area contributed by atoms with E-state index in [4.69, 9.17) is 9.47 Å². The first kappa shape index (κ1) is 16.2. The van der Waals surface area contributed by atoms with Gasteiger partial charge in [0.05, 0.1) is 20.3 Å². The zero-order chi connectivity index (χ0) is 16.9. The van der Waals surface area contributed by atoms with Gasteiger partial charge in [-0.1, -0.05) is 24.3 Å². The molecular weight excluding hydrogens is 304 g/mol.